The molecule has 0 unspecified atom stereocenters. The van der Waals surface area contributed by atoms with Crippen molar-refractivity contribution < 1.29 is 9.32 Å². The molecule has 0 saturated heterocycles. The number of nitrogens with one attached hydrogen (secondary N) is 2. The standard InChI is InChI=1S/C19H19BrN4O2/c1-3-12(2)21-19(25)22-16-9-7-13(8-10-16)17-23-18(26-24-17)14-5-4-6-15(20)11-14/h4-12H,3H2,1-2H3,(H2,21,22,25)/t12-/m1/s1. The summed E-state index contributed by atoms with van der Waals surface area (Å²) in [5, 5.41) is 9.69. The molecule has 134 valence electrons. The molecule has 0 radical (unpaired) electrons. The molecule has 0 spiro atoms. The van der Waals surface area contributed by atoms with Crippen LogP contribution in [0.25, 0.3) is 22.8 Å². The highest BCUT2D eigenvalue weighted by Gasteiger charge is 2.11. The molecule has 3 rings (SSSR count). The van der Waals surface area contributed by atoms with Gasteiger partial charge in [-0.05, 0) is 55.8 Å². The molecule has 2 N–H and O–H groups in total. The van der Waals surface area contributed by atoms with Crippen LogP contribution in [0.2, 0.25) is 0 Å². The first-order valence-electron chi connectivity index (χ1n) is 8.32. The minimum Gasteiger partial charge on any atom is -0.335 e. The molecule has 26 heavy (non-hydrogen) atoms. The second kappa shape index (κ2) is 8.14. The van der Waals surface area contributed by atoms with Crippen molar-refractivity contribution in [2.75, 3.05) is 5.32 Å². The summed E-state index contributed by atoms with van der Waals surface area (Å²) in [6.07, 6.45) is 0.879. The lowest BCUT2D eigenvalue weighted by atomic mass is 10.2. The second-order valence-electron chi connectivity index (χ2n) is 5.92. The van der Waals surface area contributed by atoms with Crippen LogP contribution >= 0.6 is 15.9 Å². The summed E-state index contributed by atoms with van der Waals surface area (Å²) in [7, 11) is 0. The Hall–Kier alpha value is -2.67. The Balaban J connectivity index is 1.70. The number of nitrogens with zero attached hydrogens (tertiary/aromatic N) is 2. The number of anilines is 1. The number of rotatable bonds is 5. The van der Waals surface area contributed by atoms with Crippen molar-refractivity contribution in [3.8, 4) is 22.8 Å². The van der Waals surface area contributed by atoms with Crippen LogP contribution in [0.3, 0.4) is 0 Å². The topological polar surface area (TPSA) is 80.0 Å². The van der Waals surface area contributed by atoms with Gasteiger partial charge in [0.05, 0.1) is 0 Å². The third-order valence-corrected chi connectivity index (χ3v) is 4.38. The van der Waals surface area contributed by atoms with E-state index in [0.29, 0.717) is 17.4 Å². The van der Waals surface area contributed by atoms with Gasteiger partial charge in [-0.2, -0.15) is 4.98 Å². The molecule has 1 heterocycles. The molecule has 0 saturated carbocycles. The van der Waals surface area contributed by atoms with Crippen molar-refractivity contribution in [1.29, 1.82) is 0 Å². The van der Waals surface area contributed by atoms with Gasteiger partial charge in [0.25, 0.3) is 5.89 Å². The summed E-state index contributed by atoms with van der Waals surface area (Å²) in [5.41, 5.74) is 2.35. The predicted molar refractivity (Wildman–Crippen MR) is 105 cm³/mol. The van der Waals surface area contributed by atoms with Gasteiger partial charge in [0.2, 0.25) is 5.82 Å². The van der Waals surface area contributed by atoms with E-state index in [1.807, 2.05) is 50.2 Å². The van der Waals surface area contributed by atoms with Gasteiger partial charge < -0.3 is 15.2 Å². The summed E-state index contributed by atoms with van der Waals surface area (Å²) in [6, 6.07) is 14.9. The molecule has 3 aromatic rings. The maximum absolute atomic E-state index is 11.9. The first-order valence-corrected chi connectivity index (χ1v) is 9.12. The molecular weight excluding hydrogens is 396 g/mol. The third-order valence-electron chi connectivity index (χ3n) is 3.89. The lowest BCUT2D eigenvalue weighted by molar-refractivity contribution is 0.249. The average Bonchev–Trinajstić information content (AvgIpc) is 3.12. The van der Waals surface area contributed by atoms with Crippen LogP contribution in [0.1, 0.15) is 20.3 Å². The Morgan fingerprint density at radius 2 is 1.96 bits per heavy atom. The molecule has 1 atom stereocenters. The van der Waals surface area contributed by atoms with E-state index in [1.165, 1.54) is 0 Å². The van der Waals surface area contributed by atoms with E-state index in [1.54, 1.807) is 12.1 Å². The number of halogens is 1. The number of hydrogen-bond acceptors (Lipinski definition) is 4. The molecule has 2 amide bonds. The first kappa shape index (κ1) is 18.1. The van der Waals surface area contributed by atoms with Crippen LogP contribution in [0, 0.1) is 0 Å². The highest BCUT2D eigenvalue weighted by Crippen LogP contribution is 2.25. The summed E-state index contributed by atoms with van der Waals surface area (Å²) < 4.78 is 6.29. The number of aromatic nitrogens is 2. The summed E-state index contributed by atoms with van der Waals surface area (Å²) in [6.45, 7) is 3.98. The van der Waals surface area contributed by atoms with Crippen molar-refractivity contribution >= 4 is 27.6 Å². The van der Waals surface area contributed by atoms with Gasteiger partial charge in [-0.25, -0.2) is 4.79 Å². The van der Waals surface area contributed by atoms with Gasteiger partial charge in [0, 0.05) is 27.3 Å². The lowest BCUT2D eigenvalue weighted by Gasteiger charge is -2.12. The molecular formula is C19H19BrN4O2. The molecule has 0 aliphatic heterocycles. The van der Waals surface area contributed by atoms with Gasteiger partial charge in [-0.3, -0.25) is 0 Å². The number of benzene rings is 2. The average molecular weight is 415 g/mol. The van der Waals surface area contributed by atoms with E-state index in [2.05, 4.69) is 36.7 Å². The van der Waals surface area contributed by atoms with Crippen LogP contribution in [-0.4, -0.2) is 22.2 Å². The van der Waals surface area contributed by atoms with Crippen LogP contribution in [0.15, 0.2) is 57.5 Å². The Morgan fingerprint density at radius 3 is 2.65 bits per heavy atom. The largest absolute Gasteiger partial charge is 0.335 e. The Kier molecular flexibility index (Phi) is 5.68. The van der Waals surface area contributed by atoms with Gasteiger partial charge in [0.1, 0.15) is 0 Å². The van der Waals surface area contributed by atoms with E-state index >= 15 is 0 Å². The fourth-order valence-electron chi connectivity index (χ4n) is 2.28. The first-order chi connectivity index (χ1) is 12.5. The maximum Gasteiger partial charge on any atom is 0.319 e. The lowest BCUT2D eigenvalue weighted by Crippen LogP contribution is -2.35. The fraction of sp³-hybridized carbons (Fsp3) is 0.211. The monoisotopic (exact) mass is 414 g/mol. The van der Waals surface area contributed by atoms with Crippen LogP contribution in [-0.2, 0) is 0 Å². The highest BCUT2D eigenvalue weighted by molar-refractivity contribution is 9.10. The predicted octanol–water partition coefficient (Wildman–Crippen LogP) is 5.09. The van der Waals surface area contributed by atoms with E-state index in [4.69, 9.17) is 4.52 Å². The molecule has 0 bridgehead atoms. The van der Waals surface area contributed by atoms with Gasteiger partial charge in [-0.15, -0.1) is 0 Å². The zero-order valence-corrected chi connectivity index (χ0v) is 16.1. The summed E-state index contributed by atoms with van der Waals surface area (Å²) in [4.78, 5) is 16.3. The molecule has 2 aromatic carbocycles. The highest BCUT2D eigenvalue weighted by atomic mass is 79.9. The molecule has 0 fully saturated rings. The van der Waals surface area contributed by atoms with Crippen molar-refractivity contribution in [2.45, 2.75) is 26.3 Å². The number of amides is 2. The summed E-state index contributed by atoms with van der Waals surface area (Å²) >= 11 is 3.43. The number of urea groups is 1. The molecule has 0 aliphatic carbocycles. The zero-order valence-electron chi connectivity index (χ0n) is 14.5. The minimum absolute atomic E-state index is 0.130. The zero-order chi connectivity index (χ0) is 18.5. The van der Waals surface area contributed by atoms with Gasteiger partial charge in [-0.1, -0.05) is 34.1 Å². The number of hydrogen-bond donors (Lipinski definition) is 2. The van der Waals surface area contributed by atoms with Crippen LogP contribution in [0.5, 0.6) is 0 Å². The quantitative estimate of drug-likeness (QED) is 0.609. The van der Waals surface area contributed by atoms with E-state index < -0.39 is 0 Å². The van der Waals surface area contributed by atoms with Gasteiger partial charge in [0.15, 0.2) is 0 Å². The van der Waals surface area contributed by atoms with Crippen molar-refractivity contribution in [3.05, 3.63) is 53.0 Å². The second-order valence-corrected chi connectivity index (χ2v) is 6.83. The van der Waals surface area contributed by atoms with E-state index in [0.717, 1.165) is 22.0 Å². The van der Waals surface area contributed by atoms with Crippen molar-refractivity contribution in [3.63, 3.8) is 0 Å². The van der Waals surface area contributed by atoms with Crippen LogP contribution in [0.4, 0.5) is 10.5 Å². The molecule has 1 aromatic heterocycles. The Labute approximate surface area is 160 Å². The molecule has 7 heteroatoms. The van der Waals surface area contributed by atoms with Crippen molar-refractivity contribution in [2.24, 2.45) is 0 Å². The number of carbonyl (C=O) groups is 1. The smallest absolute Gasteiger partial charge is 0.319 e. The maximum atomic E-state index is 11.9. The Bertz CT molecular complexity index is 893. The van der Waals surface area contributed by atoms with E-state index in [9.17, 15) is 4.79 Å². The SMILES string of the molecule is CC[C@@H](C)NC(=O)Nc1ccc(-c2noc(-c3cccc(Br)c3)n2)cc1. The third kappa shape index (κ3) is 4.49. The fourth-order valence-corrected chi connectivity index (χ4v) is 2.67. The summed E-state index contributed by atoms with van der Waals surface area (Å²) in [5.74, 6) is 0.951. The van der Waals surface area contributed by atoms with Gasteiger partial charge >= 0.3 is 6.03 Å². The van der Waals surface area contributed by atoms with Crippen LogP contribution < -0.4 is 10.6 Å². The molecule has 0 aliphatic rings. The normalized spacial score (nSPS) is 11.8. The Morgan fingerprint density at radius 1 is 1.19 bits per heavy atom. The number of carbonyl (C=O) groups excluding carboxylic acids is 1. The van der Waals surface area contributed by atoms with E-state index in [-0.39, 0.29) is 12.1 Å². The van der Waals surface area contributed by atoms with Crippen molar-refractivity contribution in [1.82, 2.24) is 15.5 Å². The minimum atomic E-state index is -0.219. The molecule has 6 nitrogen and oxygen atoms in total.